The molecule has 0 saturated carbocycles. The molecule has 2 radical (unpaired) electrons. The Morgan fingerprint density at radius 3 is 1.29 bits per heavy atom. The van der Waals surface area contributed by atoms with E-state index >= 15 is 0 Å². The molecule has 7 heavy (non-hydrogen) atoms. The van der Waals surface area contributed by atoms with E-state index < -0.39 is 18.0 Å². The van der Waals surface area contributed by atoms with Gasteiger partial charge < -0.3 is 0 Å². The standard InChI is InChI=1S/F4HSi2.GeH3/c1-5(2)6(3)4;/h5H;1H3. The fourth-order valence-corrected chi connectivity index (χ4v) is 0. The van der Waals surface area contributed by atoms with Crippen LogP contribution in [-0.2, 0) is 0 Å². The monoisotopic (exact) mass is 210 g/mol. The van der Waals surface area contributed by atoms with Crippen molar-refractivity contribution < 1.29 is 16.4 Å². The van der Waals surface area contributed by atoms with Crippen molar-refractivity contribution >= 4 is 35.6 Å². The van der Waals surface area contributed by atoms with Gasteiger partial charge in [-0.1, -0.05) is 0 Å². The Labute approximate surface area is 52.6 Å². The van der Waals surface area contributed by atoms with Gasteiger partial charge in [0.1, 0.15) is 0 Å². The second-order valence-electron chi connectivity index (χ2n) is 0.590. The molecule has 0 amide bonds. The Balaban J connectivity index is 0. The van der Waals surface area contributed by atoms with Crippen LogP contribution in [-0.4, -0.2) is 35.6 Å². The molecule has 0 spiro atoms. The first-order valence-corrected chi connectivity index (χ1v) is 5.04. The van der Waals surface area contributed by atoms with Gasteiger partial charge in [-0.25, -0.2) is 0 Å². The maximum atomic E-state index is 10.6. The molecular formula is H4F4GeSi2. The third-order valence-electron chi connectivity index (χ3n) is 0.165. The quantitative estimate of drug-likeness (QED) is 0.309. The van der Waals surface area contributed by atoms with E-state index in [0.29, 0.717) is 0 Å². The summed E-state index contributed by atoms with van der Waals surface area (Å²) >= 11 is 0. The molecule has 0 aliphatic rings. The van der Waals surface area contributed by atoms with Gasteiger partial charge in [-0.15, -0.1) is 0 Å². The zero-order valence-corrected chi connectivity index (χ0v) is 9.94. The predicted octanol–water partition coefficient (Wildman–Crippen LogP) is -0.532. The molecule has 0 fully saturated rings. The van der Waals surface area contributed by atoms with Crippen molar-refractivity contribution in [1.82, 2.24) is 0 Å². The van der Waals surface area contributed by atoms with E-state index in [2.05, 4.69) is 0 Å². The third kappa shape index (κ3) is 6.70. The number of hydrogen-bond acceptors (Lipinski definition) is 0. The van der Waals surface area contributed by atoms with Gasteiger partial charge >= 0.3 is 35.6 Å². The second-order valence-corrected chi connectivity index (χ2v) is 4.39. The Hall–Kier alpha value is 0.697. The third-order valence-corrected chi connectivity index (χ3v) is 1.48. The number of rotatable bonds is 1. The van der Waals surface area contributed by atoms with Crippen molar-refractivity contribution in [1.29, 1.82) is 0 Å². The summed E-state index contributed by atoms with van der Waals surface area (Å²) in [6.45, 7) is 0. The first-order chi connectivity index (χ1) is 2.64. The van der Waals surface area contributed by atoms with Gasteiger partial charge in [-0.05, 0) is 0 Å². The molecule has 0 aromatic heterocycles. The summed E-state index contributed by atoms with van der Waals surface area (Å²) in [6.07, 6.45) is 0. The van der Waals surface area contributed by atoms with Crippen molar-refractivity contribution in [3.8, 4) is 0 Å². The zero-order chi connectivity index (χ0) is 5.15. The summed E-state index contributed by atoms with van der Waals surface area (Å²) in [4.78, 5) is 0. The number of hydrogen-bond donors (Lipinski definition) is 0. The Kier molecular flexibility index (Phi) is 7.36. The second kappa shape index (κ2) is 4.85. The van der Waals surface area contributed by atoms with E-state index in [9.17, 15) is 16.4 Å². The molecule has 0 aliphatic carbocycles. The summed E-state index contributed by atoms with van der Waals surface area (Å²) in [5, 5.41) is 0. The average molecular weight is 209 g/mol. The van der Waals surface area contributed by atoms with E-state index in [1.807, 2.05) is 0 Å². The zero-order valence-electron chi connectivity index (χ0n) is 3.59. The van der Waals surface area contributed by atoms with Crippen LogP contribution in [0, 0.1) is 0 Å². The summed E-state index contributed by atoms with van der Waals surface area (Å²) < 4.78 is 42.3. The van der Waals surface area contributed by atoms with Gasteiger partial charge in [0.15, 0.2) is 0 Å². The van der Waals surface area contributed by atoms with E-state index in [4.69, 9.17) is 0 Å². The van der Waals surface area contributed by atoms with Crippen LogP contribution in [0.1, 0.15) is 0 Å². The molecule has 0 heterocycles. The van der Waals surface area contributed by atoms with Crippen LogP contribution >= 0.6 is 0 Å². The number of halogens is 4. The van der Waals surface area contributed by atoms with E-state index in [-0.39, 0.29) is 17.6 Å². The molecule has 7 heteroatoms. The Morgan fingerprint density at radius 2 is 1.29 bits per heavy atom. The van der Waals surface area contributed by atoms with Gasteiger partial charge in [0.25, 0.3) is 0 Å². The van der Waals surface area contributed by atoms with Crippen molar-refractivity contribution in [3.63, 3.8) is 0 Å². The molecular weight excluding hydrogens is 205 g/mol. The molecule has 0 nitrogen and oxygen atoms in total. The maximum absolute atomic E-state index is 10.6. The molecule has 0 atom stereocenters. The minimum atomic E-state index is -4.48. The molecule has 0 rings (SSSR count). The Morgan fingerprint density at radius 1 is 1.14 bits per heavy atom. The first-order valence-electron chi connectivity index (χ1n) is 1.10. The van der Waals surface area contributed by atoms with Gasteiger partial charge in [-0.3, -0.25) is 16.4 Å². The first kappa shape index (κ1) is 10.6. The average Bonchev–Trinajstić information content (AvgIpc) is 1.36. The minimum absolute atomic E-state index is 0. The van der Waals surface area contributed by atoms with Gasteiger partial charge in [0.05, 0.1) is 0 Å². The summed E-state index contributed by atoms with van der Waals surface area (Å²) in [5.74, 6) is 0. The molecule has 0 unspecified atom stereocenters. The van der Waals surface area contributed by atoms with E-state index in [0.717, 1.165) is 0 Å². The van der Waals surface area contributed by atoms with Crippen LogP contribution in [0.15, 0.2) is 0 Å². The predicted molar refractivity (Wildman–Crippen MR) is 27.3 cm³/mol. The van der Waals surface area contributed by atoms with Crippen LogP contribution in [0.25, 0.3) is 0 Å². The van der Waals surface area contributed by atoms with Crippen LogP contribution in [0.5, 0.6) is 0 Å². The van der Waals surface area contributed by atoms with Crippen LogP contribution in [0.2, 0.25) is 0 Å². The van der Waals surface area contributed by atoms with Crippen molar-refractivity contribution in [3.05, 3.63) is 0 Å². The van der Waals surface area contributed by atoms with Crippen LogP contribution < -0.4 is 0 Å². The van der Waals surface area contributed by atoms with Crippen LogP contribution in [0.4, 0.5) is 16.4 Å². The van der Waals surface area contributed by atoms with Crippen LogP contribution in [0.3, 0.4) is 0 Å². The van der Waals surface area contributed by atoms with E-state index in [1.54, 1.807) is 0 Å². The molecule has 0 saturated heterocycles. The van der Waals surface area contributed by atoms with E-state index in [1.165, 1.54) is 0 Å². The van der Waals surface area contributed by atoms with Crippen molar-refractivity contribution in [2.45, 2.75) is 0 Å². The van der Waals surface area contributed by atoms with Crippen molar-refractivity contribution in [2.75, 3.05) is 0 Å². The molecule has 0 bridgehead atoms. The van der Waals surface area contributed by atoms with Gasteiger partial charge in [0.2, 0.25) is 0 Å². The fraction of sp³-hybridized carbons (Fsp3) is 0. The van der Waals surface area contributed by atoms with Gasteiger partial charge in [0, 0.05) is 0 Å². The summed E-state index contributed by atoms with van der Waals surface area (Å²) in [7, 11) is -8.62. The summed E-state index contributed by atoms with van der Waals surface area (Å²) in [6, 6.07) is 0. The molecule has 44 valence electrons. The topological polar surface area (TPSA) is 0 Å². The molecule has 0 aromatic carbocycles. The fourth-order valence-electron chi connectivity index (χ4n) is 0. The summed E-state index contributed by atoms with van der Waals surface area (Å²) in [5.41, 5.74) is 0. The molecule has 0 aliphatic heterocycles. The van der Waals surface area contributed by atoms with Crippen molar-refractivity contribution in [2.24, 2.45) is 0 Å². The normalized spacial score (nSPS) is 9.43. The SMILES string of the molecule is F[Si](F)[SiH](F)F.[GeH3]. The molecule has 0 aromatic rings. The van der Waals surface area contributed by atoms with Gasteiger partial charge in [-0.2, -0.15) is 0 Å². The molecule has 0 N–H and O–H groups in total. The Bertz CT molecular complexity index is 30.7.